The van der Waals surface area contributed by atoms with Crippen molar-refractivity contribution < 1.29 is 18.3 Å². The smallest absolute Gasteiger partial charge is 0.180 e. The quantitative estimate of drug-likeness (QED) is 0.617. The Hall–Kier alpha value is -0.260. The Morgan fingerprint density at radius 2 is 1.69 bits per heavy atom. The highest BCUT2D eigenvalue weighted by molar-refractivity contribution is 9.10. The zero-order valence-corrected chi connectivity index (χ0v) is 8.39. The van der Waals surface area contributed by atoms with E-state index in [-0.39, 0.29) is 4.47 Å². The first-order valence-electron chi connectivity index (χ1n) is 3.11. The van der Waals surface area contributed by atoms with Gasteiger partial charge < -0.3 is 5.11 Å². The van der Waals surface area contributed by atoms with Gasteiger partial charge in [-0.15, -0.1) is 0 Å². The molecule has 0 fully saturated rings. The number of rotatable bonds is 1. The molecular weight excluding hydrogens is 272 g/mol. The molecule has 1 rings (SSSR count). The molecule has 6 heteroatoms. The summed E-state index contributed by atoms with van der Waals surface area (Å²) in [6, 6.07) is 0. The highest BCUT2D eigenvalue weighted by Gasteiger charge is 2.21. The average Bonchev–Trinajstić information content (AvgIpc) is 2.13. The topological polar surface area (TPSA) is 20.2 Å². The Morgan fingerprint density at radius 3 is 2.15 bits per heavy atom. The number of hydrogen-bond donors (Lipinski definition) is 1. The van der Waals surface area contributed by atoms with Gasteiger partial charge in [-0.2, -0.15) is 0 Å². The van der Waals surface area contributed by atoms with Gasteiger partial charge in [-0.3, -0.25) is 0 Å². The normalized spacial score (nSPS) is 10.6. The summed E-state index contributed by atoms with van der Waals surface area (Å²) in [6.07, 6.45) is 0. The van der Waals surface area contributed by atoms with E-state index >= 15 is 0 Å². The molecule has 1 N–H and O–H groups in total. The summed E-state index contributed by atoms with van der Waals surface area (Å²) in [7, 11) is 0. The van der Waals surface area contributed by atoms with Crippen LogP contribution in [0.15, 0.2) is 4.47 Å². The standard InChI is InChI=1S/C7H3BrClF3O/c8-3-2(1-13)5(10)7(12)4(9)6(3)11/h13H,1H2. The average molecular weight is 275 g/mol. The van der Waals surface area contributed by atoms with Crippen LogP contribution in [0.3, 0.4) is 0 Å². The molecule has 0 aromatic heterocycles. The molecule has 1 nitrogen and oxygen atoms in total. The Morgan fingerprint density at radius 1 is 1.15 bits per heavy atom. The first kappa shape index (κ1) is 10.8. The summed E-state index contributed by atoms with van der Waals surface area (Å²) >= 11 is 7.77. The Bertz CT molecular complexity index is 327. The van der Waals surface area contributed by atoms with Crippen LogP contribution in [0.25, 0.3) is 0 Å². The number of aliphatic hydroxyl groups is 1. The Labute approximate surface area is 85.3 Å². The van der Waals surface area contributed by atoms with E-state index in [0.29, 0.717) is 0 Å². The second kappa shape index (κ2) is 3.86. The van der Waals surface area contributed by atoms with E-state index in [4.69, 9.17) is 16.7 Å². The van der Waals surface area contributed by atoms with Crippen LogP contribution in [-0.4, -0.2) is 5.11 Å². The van der Waals surface area contributed by atoms with Crippen LogP contribution in [0.5, 0.6) is 0 Å². The summed E-state index contributed by atoms with van der Waals surface area (Å²) in [5.74, 6) is -3.96. The molecule has 0 aliphatic rings. The third kappa shape index (κ3) is 1.68. The fourth-order valence-corrected chi connectivity index (χ4v) is 1.58. The molecule has 0 atom stereocenters. The molecule has 72 valence electrons. The zero-order chi connectivity index (χ0) is 10.2. The molecular formula is C7H3BrClF3O. The molecule has 0 bridgehead atoms. The van der Waals surface area contributed by atoms with Crippen LogP contribution < -0.4 is 0 Å². The largest absolute Gasteiger partial charge is 0.392 e. The van der Waals surface area contributed by atoms with Crippen molar-refractivity contribution in [3.8, 4) is 0 Å². The van der Waals surface area contributed by atoms with Gasteiger partial charge >= 0.3 is 0 Å². The van der Waals surface area contributed by atoms with Crippen LogP contribution in [-0.2, 0) is 6.61 Å². The van der Waals surface area contributed by atoms with Crippen molar-refractivity contribution in [2.75, 3.05) is 0 Å². The third-order valence-electron chi connectivity index (χ3n) is 1.46. The summed E-state index contributed by atoms with van der Waals surface area (Å²) in [5, 5.41) is 7.66. The third-order valence-corrected chi connectivity index (χ3v) is 2.62. The summed E-state index contributed by atoms with van der Waals surface area (Å²) in [4.78, 5) is 0. The molecule has 0 aliphatic heterocycles. The van der Waals surface area contributed by atoms with E-state index in [2.05, 4.69) is 15.9 Å². The first-order chi connectivity index (χ1) is 6.00. The van der Waals surface area contributed by atoms with Crippen molar-refractivity contribution in [2.45, 2.75) is 6.61 Å². The second-order valence-electron chi connectivity index (χ2n) is 2.21. The predicted molar refractivity (Wildman–Crippen MR) is 44.9 cm³/mol. The molecule has 0 aliphatic carbocycles. The van der Waals surface area contributed by atoms with Gasteiger partial charge in [-0.25, -0.2) is 13.2 Å². The second-order valence-corrected chi connectivity index (χ2v) is 3.38. The fraction of sp³-hybridized carbons (Fsp3) is 0.143. The van der Waals surface area contributed by atoms with E-state index < -0.39 is 34.6 Å². The summed E-state index contributed by atoms with van der Waals surface area (Å²) in [6.45, 7) is -0.808. The summed E-state index contributed by atoms with van der Waals surface area (Å²) in [5.41, 5.74) is -0.487. The van der Waals surface area contributed by atoms with Crippen molar-refractivity contribution in [2.24, 2.45) is 0 Å². The maximum absolute atomic E-state index is 12.9. The van der Waals surface area contributed by atoms with Gasteiger partial charge in [-0.05, 0) is 15.9 Å². The molecule has 0 radical (unpaired) electrons. The minimum Gasteiger partial charge on any atom is -0.392 e. The lowest BCUT2D eigenvalue weighted by Crippen LogP contribution is -2.00. The zero-order valence-electron chi connectivity index (χ0n) is 6.04. The van der Waals surface area contributed by atoms with Gasteiger partial charge in [0.25, 0.3) is 0 Å². The van der Waals surface area contributed by atoms with E-state index in [9.17, 15) is 13.2 Å². The minimum atomic E-state index is -1.49. The molecule has 0 saturated carbocycles. The monoisotopic (exact) mass is 274 g/mol. The Balaban J connectivity index is 3.56. The summed E-state index contributed by atoms with van der Waals surface area (Å²) < 4.78 is 38.2. The van der Waals surface area contributed by atoms with E-state index in [0.717, 1.165) is 0 Å². The molecule has 0 amide bonds. The van der Waals surface area contributed by atoms with Crippen LogP contribution >= 0.6 is 27.5 Å². The van der Waals surface area contributed by atoms with Gasteiger partial charge in [-0.1, -0.05) is 11.6 Å². The highest BCUT2D eigenvalue weighted by atomic mass is 79.9. The lowest BCUT2D eigenvalue weighted by atomic mass is 10.2. The molecule has 0 saturated heterocycles. The first-order valence-corrected chi connectivity index (χ1v) is 4.29. The van der Waals surface area contributed by atoms with Gasteiger partial charge in [0.15, 0.2) is 17.5 Å². The molecule has 1 aromatic rings. The lowest BCUT2D eigenvalue weighted by Gasteiger charge is -2.06. The van der Waals surface area contributed by atoms with Crippen molar-refractivity contribution in [1.29, 1.82) is 0 Å². The minimum absolute atomic E-state index is 0.362. The van der Waals surface area contributed by atoms with Crippen molar-refractivity contribution in [1.82, 2.24) is 0 Å². The number of aliphatic hydroxyl groups excluding tert-OH is 1. The van der Waals surface area contributed by atoms with Gasteiger partial charge in [0.1, 0.15) is 5.02 Å². The van der Waals surface area contributed by atoms with E-state index in [1.54, 1.807) is 0 Å². The predicted octanol–water partition coefficient (Wildman–Crippen LogP) is 3.01. The molecule has 13 heavy (non-hydrogen) atoms. The van der Waals surface area contributed by atoms with Crippen molar-refractivity contribution in [3.63, 3.8) is 0 Å². The van der Waals surface area contributed by atoms with E-state index in [1.807, 2.05) is 0 Å². The van der Waals surface area contributed by atoms with E-state index in [1.165, 1.54) is 0 Å². The maximum Gasteiger partial charge on any atom is 0.180 e. The molecule has 1 aromatic carbocycles. The van der Waals surface area contributed by atoms with Crippen molar-refractivity contribution in [3.05, 3.63) is 32.5 Å². The van der Waals surface area contributed by atoms with Crippen LogP contribution in [0.4, 0.5) is 13.2 Å². The van der Waals surface area contributed by atoms with Gasteiger partial charge in [0.2, 0.25) is 0 Å². The van der Waals surface area contributed by atoms with Crippen LogP contribution in [0.2, 0.25) is 5.02 Å². The molecule has 0 spiro atoms. The van der Waals surface area contributed by atoms with Crippen LogP contribution in [0, 0.1) is 17.5 Å². The number of benzene rings is 1. The lowest BCUT2D eigenvalue weighted by molar-refractivity contribution is 0.271. The van der Waals surface area contributed by atoms with Crippen LogP contribution in [0.1, 0.15) is 5.56 Å². The SMILES string of the molecule is OCc1c(F)c(F)c(Cl)c(F)c1Br. The van der Waals surface area contributed by atoms with Crippen molar-refractivity contribution >= 4 is 27.5 Å². The van der Waals surface area contributed by atoms with Gasteiger partial charge in [0.05, 0.1) is 11.1 Å². The number of halogens is 5. The highest BCUT2D eigenvalue weighted by Crippen LogP contribution is 2.32. The molecule has 0 heterocycles. The Kier molecular flexibility index (Phi) is 3.21. The molecule has 0 unspecified atom stereocenters. The fourth-order valence-electron chi connectivity index (χ4n) is 0.789. The maximum atomic E-state index is 12.9. The number of hydrogen-bond acceptors (Lipinski definition) is 1. The van der Waals surface area contributed by atoms with Gasteiger partial charge in [0, 0.05) is 5.56 Å².